The molecule has 2 unspecified atom stereocenters. The lowest BCUT2D eigenvalue weighted by molar-refractivity contribution is 0.137. The number of fused-ring (bicyclic) bond motifs is 1. The number of phosphoric acid groups is 1. The lowest BCUT2D eigenvalue weighted by atomic mass is 10.1. The Labute approximate surface area is 162 Å². The van der Waals surface area contributed by atoms with Crippen LogP contribution in [0.4, 0.5) is 4.79 Å². The van der Waals surface area contributed by atoms with Crippen LogP contribution in [0.3, 0.4) is 0 Å². The van der Waals surface area contributed by atoms with E-state index < -0.39 is 7.82 Å². The fourth-order valence-corrected chi connectivity index (χ4v) is 4.42. The largest absolute Gasteiger partial charge is 0.472 e. The summed E-state index contributed by atoms with van der Waals surface area (Å²) in [4.78, 5) is 21.0. The Balaban J connectivity index is 1.41. The van der Waals surface area contributed by atoms with Gasteiger partial charge in [0.2, 0.25) is 0 Å². The molecule has 8 heteroatoms. The molecule has 2 aliphatic carbocycles. The van der Waals surface area contributed by atoms with Crippen LogP contribution in [0.1, 0.15) is 58.3 Å². The van der Waals surface area contributed by atoms with Crippen molar-refractivity contribution in [1.82, 2.24) is 5.32 Å². The zero-order valence-corrected chi connectivity index (χ0v) is 17.0. The monoisotopic (exact) mass is 401 g/mol. The highest BCUT2D eigenvalue weighted by Gasteiger charge is 2.49. The summed E-state index contributed by atoms with van der Waals surface area (Å²) in [5.41, 5.74) is 0. The summed E-state index contributed by atoms with van der Waals surface area (Å²) < 4.78 is 26.1. The SMILES string of the molecule is CCOP(=O)(O)OCCCCCCNC(=O)OCC1[C@H]2CCC#CCC[C@@H]12. The highest BCUT2D eigenvalue weighted by molar-refractivity contribution is 7.47. The fraction of sp³-hybridized carbons (Fsp3) is 0.842. The molecule has 4 atom stereocenters. The van der Waals surface area contributed by atoms with E-state index in [1.165, 1.54) is 0 Å². The van der Waals surface area contributed by atoms with Crippen LogP contribution < -0.4 is 5.32 Å². The van der Waals surface area contributed by atoms with E-state index in [4.69, 9.17) is 9.26 Å². The van der Waals surface area contributed by atoms with Gasteiger partial charge in [0.05, 0.1) is 19.8 Å². The molecule has 0 aromatic carbocycles. The average Bonchev–Trinajstić information content (AvgIpc) is 3.24. The van der Waals surface area contributed by atoms with Gasteiger partial charge in [-0.2, -0.15) is 0 Å². The normalized spacial score (nSPS) is 25.8. The first kappa shape index (κ1) is 22.2. The number of ether oxygens (including phenoxy) is 1. The van der Waals surface area contributed by atoms with Gasteiger partial charge in [0, 0.05) is 19.4 Å². The molecular formula is C19H32NO6P. The molecule has 0 spiro atoms. The van der Waals surface area contributed by atoms with Crippen LogP contribution >= 0.6 is 7.82 Å². The van der Waals surface area contributed by atoms with Crippen molar-refractivity contribution in [2.24, 2.45) is 17.8 Å². The maximum atomic E-state index is 11.8. The second kappa shape index (κ2) is 11.7. The van der Waals surface area contributed by atoms with Crippen molar-refractivity contribution in [3.8, 4) is 11.8 Å². The minimum absolute atomic E-state index is 0.145. The van der Waals surface area contributed by atoms with Gasteiger partial charge in [0.25, 0.3) is 0 Å². The summed E-state index contributed by atoms with van der Waals surface area (Å²) in [6.07, 6.45) is 7.14. The first-order valence-corrected chi connectivity index (χ1v) is 11.5. The van der Waals surface area contributed by atoms with E-state index >= 15 is 0 Å². The van der Waals surface area contributed by atoms with Crippen LogP contribution in [0.25, 0.3) is 0 Å². The number of amides is 1. The van der Waals surface area contributed by atoms with Crippen molar-refractivity contribution in [1.29, 1.82) is 0 Å². The number of carbonyl (C=O) groups excluding carboxylic acids is 1. The molecule has 2 N–H and O–H groups in total. The lowest BCUT2D eigenvalue weighted by Gasteiger charge is -2.10. The van der Waals surface area contributed by atoms with Gasteiger partial charge in [0.1, 0.15) is 0 Å². The van der Waals surface area contributed by atoms with Gasteiger partial charge in [-0.25, -0.2) is 9.36 Å². The Kier molecular flexibility index (Phi) is 9.64. The summed E-state index contributed by atoms with van der Waals surface area (Å²) in [6, 6.07) is 0. The third-order valence-corrected chi connectivity index (χ3v) is 6.23. The molecule has 0 aromatic heterocycles. The molecule has 0 radical (unpaired) electrons. The molecule has 7 nitrogen and oxygen atoms in total. The van der Waals surface area contributed by atoms with Gasteiger partial charge < -0.3 is 14.9 Å². The van der Waals surface area contributed by atoms with Crippen molar-refractivity contribution >= 4 is 13.9 Å². The van der Waals surface area contributed by atoms with Crippen molar-refractivity contribution in [3.05, 3.63) is 0 Å². The maximum Gasteiger partial charge on any atom is 0.472 e. The smallest absolute Gasteiger partial charge is 0.449 e. The van der Waals surface area contributed by atoms with Gasteiger partial charge in [-0.05, 0) is 50.4 Å². The van der Waals surface area contributed by atoms with Crippen molar-refractivity contribution in [2.45, 2.75) is 58.3 Å². The third kappa shape index (κ3) is 8.66. The topological polar surface area (TPSA) is 94.1 Å². The molecule has 154 valence electrons. The molecule has 0 aliphatic heterocycles. The highest BCUT2D eigenvalue weighted by atomic mass is 31.2. The number of rotatable bonds is 12. The number of alkyl carbamates (subject to hydrolysis) is 1. The standard InChI is InChI=1S/C19H32NO6P/c1-2-25-27(22,23)26-14-10-6-5-9-13-20-19(21)24-15-18-16-11-7-3-4-8-12-17(16)18/h16-18H,2,5-15H2,1H3,(H,20,21)(H,22,23)/t16-,17+,18?. The molecule has 0 heterocycles. The van der Waals surface area contributed by atoms with Crippen molar-refractivity contribution in [3.63, 3.8) is 0 Å². The highest BCUT2D eigenvalue weighted by Crippen LogP contribution is 2.52. The van der Waals surface area contributed by atoms with Crippen LogP contribution in [-0.2, 0) is 18.3 Å². The molecule has 1 saturated carbocycles. The Bertz CT molecular complexity index is 554. The number of carbonyl (C=O) groups is 1. The Hall–Kier alpha value is -1.06. The Morgan fingerprint density at radius 2 is 1.78 bits per heavy atom. The summed E-state index contributed by atoms with van der Waals surface area (Å²) in [7, 11) is -3.87. The first-order valence-electron chi connectivity index (χ1n) is 10.0. The van der Waals surface area contributed by atoms with Crippen molar-refractivity contribution in [2.75, 3.05) is 26.4 Å². The van der Waals surface area contributed by atoms with Gasteiger partial charge in [-0.15, -0.1) is 11.8 Å². The van der Waals surface area contributed by atoms with E-state index in [1.807, 2.05) is 0 Å². The molecular weight excluding hydrogens is 369 g/mol. The third-order valence-electron chi connectivity index (χ3n) is 5.13. The molecule has 27 heavy (non-hydrogen) atoms. The zero-order valence-electron chi connectivity index (χ0n) is 16.2. The van der Waals surface area contributed by atoms with Crippen LogP contribution in [-0.4, -0.2) is 37.4 Å². The Morgan fingerprint density at radius 1 is 1.11 bits per heavy atom. The first-order chi connectivity index (χ1) is 13.0. The van der Waals surface area contributed by atoms with E-state index in [0.717, 1.165) is 44.9 Å². The molecule has 1 amide bonds. The quantitative estimate of drug-likeness (QED) is 0.293. The predicted octanol–water partition coefficient (Wildman–Crippen LogP) is 3.87. The molecule has 0 saturated heterocycles. The van der Waals surface area contributed by atoms with Crippen molar-refractivity contribution < 1.29 is 28.0 Å². The minimum atomic E-state index is -3.87. The molecule has 2 rings (SSSR count). The van der Waals surface area contributed by atoms with E-state index in [-0.39, 0.29) is 19.3 Å². The van der Waals surface area contributed by atoms with Crippen LogP contribution in [0.15, 0.2) is 0 Å². The van der Waals surface area contributed by atoms with Gasteiger partial charge in [-0.3, -0.25) is 9.05 Å². The van der Waals surface area contributed by atoms with Crippen LogP contribution in [0.5, 0.6) is 0 Å². The summed E-state index contributed by atoms with van der Waals surface area (Å²) in [6.45, 7) is 3.06. The number of nitrogens with one attached hydrogen (secondary N) is 1. The van der Waals surface area contributed by atoms with Crippen LogP contribution in [0.2, 0.25) is 0 Å². The maximum absolute atomic E-state index is 11.8. The fourth-order valence-electron chi connectivity index (χ4n) is 3.66. The summed E-state index contributed by atoms with van der Waals surface area (Å²) >= 11 is 0. The number of unbranched alkanes of at least 4 members (excludes halogenated alkanes) is 3. The minimum Gasteiger partial charge on any atom is -0.449 e. The van der Waals surface area contributed by atoms with E-state index in [1.54, 1.807) is 6.92 Å². The number of hydrogen-bond donors (Lipinski definition) is 2. The van der Waals surface area contributed by atoms with E-state index in [9.17, 15) is 14.3 Å². The average molecular weight is 401 g/mol. The van der Waals surface area contributed by atoms with Gasteiger partial charge in [0.15, 0.2) is 0 Å². The Morgan fingerprint density at radius 3 is 2.44 bits per heavy atom. The molecule has 0 bridgehead atoms. The van der Waals surface area contributed by atoms with Gasteiger partial charge >= 0.3 is 13.9 Å². The molecule has 2 aliphatic rings. The number of phosphoric ester groups is 1. The van der Waals surface area contributed by atoms with E-state index in [2.05, 4.69) is 21.7 Å². The number of hydrogen-bond acceptors (Lipinski definition) is 5. The summed E-state index contributed by atoms with van der Waals surface area (Å²) in [5, 5.41) is 2.78. The second-order valence-corrected chi connectivity index (χ2v) is 8.53. The molecule has 0 aromatic rings. The lowest BCUT2D eigenvalue weighted by Crippen LogP contribution is -2.26. The molecule has 1 fully saturated rings. The predicted molar refractivity (Wildman–Crippen MR) is 102 cm³/mol. The zero-order chi connectivity index (χ0) is 19.5. The van der Waals surface area contributed by atoms with Crippen LogP contribution in [0, 0.1) is 29.6 Å². The van der Waals surface area contributed by atoms with E-state index in [0.29, 0.717) is 37.3 Å². The second-order valence-electron chi connectivity index (χ2n) is 7.08. The van der Waals surface area contributed by atoms with Gasteiger partial charge in [-0.1, -0.05) is 12.8 Å². The summed E-state index contributed by atoms with van der Waals surface area (Å²) in [5.74, 6) is 8.25.